The smallest absolute Gasteiger partial charge is 0.226 e. The molecular formula is C15H15N3OS3. The molecule has 4 nitrogen and oxygen atoms in total. The highest BCUT2D eigenvalue weighted by atomic mass is 32.2. The van der Waals surface area contributed by atoms with E-state index in [4.69, 9.17) is 4.42 Å². The molecule has 2 heterocycles. The lowest BCUT2D eigenvalue weighted by molar-refractivity contribution is 0.540. The standard InChI is InChI=1S/C15H15N3OS3/c1-3-20-14-17-18-15(22-14)21-9-12-10(2)19-13(16-12)11-7-5-4-6-8-11/h4-8H,3,9H2,1-2H3. The maximum absolute atomic E-state index is 5.77. The molecule has 3 aromatic rings. The lowest BCUT2D eigenvalue weighted by Gasteiger charge is -1.93. The zero-order chi connectivity index (χ0) is 15.4. The van der Waals surface area contributed by atoms with Gasteiger partial charge in [-0.25, -0.2) is 4.98 Å². The van der Waals surface area contributed by atoms with E-state index in [9.17, 15) is 0 Å². The Morgan fingerprint density at radius 1 is 1.09 bits per heavy atom. The van der Waals surface area contributed by atoms with Crippen LogP contribution in [0.2, 0.25) is 0 Å². The predicted octanol–water partition coefficient (Wildman–Crippen LogP) is 4.91. The van der Waals surface area contributed by atoms with Gasteiger partial charge in [0.15, 0.2) is 8.68 Å². The number of hydrogen-bond donors (Lipinski definition) is 0. The molecule has 0 N–H and O–H groups in total. The van der Waals surface area contributed by atoms with Gasteiger partial charge in [-0.1, -0.05) is 60.0 Å². The van der Waals surface area contributed by atoms with Crippen LogP contribution < -0.4 is 0 Å². The molecule has 0 bridgehead atoms. The summed E-state index contributed by atoms with van der Waals surface area (Å²) in [6.45, 7) is 4.07. The van der Waals surface area contributed by atoms with Crippen molar-refractivity contribution in [1.29, 1.82) is 0 Å². The van der Waals surface area contributed by atoms with Crippen LogP contribution in [0.1, 0.15) is 18.4 Å². The van der Waals surface area contributed by atoms with Crippen LogP contribution in [0.4, 0.5) is 0 Å². The molecule has 0 radical (unpaired) electrons. The van der Waals surface area contributed by atoms with E-state index in [1.807, 2.05) is 37.3 Å². The Morgan fingerprint density at radius 2 is 1.82 bits per heavy atom. The first-order valence-electron chi connectivity index (χ1n) is 6.87. The lowest BCUT2D eigenvalue weighted by atomic mass is 10.2. The lowest BCUT2D eigenvalue weighted by Crippen LogP contribution is -1.84. The molecule has 22 heavy (non-hydrogen) atoms. The summed E-state index contributed by atoms with van der Waals surface area (Å²) in [4.78, 5) is 4.60. The maximum Gasteiger partial charge on any atom is 0.226 e. The van der Waals surface area contributed by atoms with Crippen molar-refractivity contribution in [2.24, 2.45) is 0 Å². The van der Waals surface area contributed by atoms with Gasteiger partial charge < -0.3 is 4.42 Å². The Labute approximate surface area is 141 Å². The number of aryl methyl sites for hydroxylation is 1. The fourth-order valence-electron chi connectivity index (χ4n) is 1.83. The van der Waals surface area contributed by atoms with Gasteiger partial charge in [0, 0.05) is 11.3 Å². The number of benzene rings is 1. The number of thioether (sulfide) groups is 2. The van der Waals surface area contributed by atoms with Gasteiger partial charge >= 0.3 is 0 Å². The highest BCUT2D eigenvalue weighted by Crippen LogP contribution is 2.32. The summed E-state index contributed by atoms with van der Waals surface area (Å²) in [7, 11) is 0. The Hall–Kier alpha value is -1.31. The van der Waals surface area contributed by atoms with E-state index in [1.165, 1.54) is 0 Å². The maximum atomic E-state index is 5.77. The molecular weight excluding hydrogens is 334 g/mol. The Balaban J connectivity index is 1.69. The monoisotopic (exact) mass is 349 g/mol. The minimum atomic E-state index is 0.674. The van der Waals surface area contributed by atoms with Crippen molar-refractivity contribution in [3.8, 4) is 11.5 Å². The summed E-state index contributed by atoms with van der Waals surface area (Å²) >= 11 is 5.00. The summed E-state index contributed by atoms with van der Waals surface area (Å²) < 4.78 is 7.76. The zero-order valence-electron chi connectivity index (χ0n) is 12.3. The molecule has 2 aromatic heterocycles. The Kier molecular flexibility index (Phi) is 5.17. The van der Waals surface area contributed by atoms with Gasteiger partial charge in [-0.3, -0.25) is 0 Å². The number of oxazole rings is 1. The minimum absolute atomic E-state index is 0.674. The number of rotatable bonds is 6. The first-order valence-corrected chi connectivity index (χ1v) is 9.66. The second kappa shape index (κ2) is 7.30. The van der Waals surface area contributed by atoms with Crippen molar-refractivity contribution in [2.45, 2.75) is 28.3 Å². The van der Waals surface area contributed by atoms with Crippen molar-refractivity contribution in [3.63, 3.8) is 0 Å². The van der Waals surface area contributed by atoms with E-state index in [0.717, 1.165) is 37.2 Å². The molecule has 0 aliphatic carbocycles. The normalized spacial score (nSPS) is 11.0. The molecule has 0 aliphatic rings. The summed E-state index contributed by atoms with van der Waals surface area (Å²) in [6.07, 6.45) is 0. The molecule has 0 unspecified atom stereocenters. The van der Waals surface area contributed by atoms with E-state index in [-0.39, 0.29) is 0 Å². The van der Waals surface area contributed by atoms with E-state index < -0.39 is 0 Å². The second-order valence-corrected chi connectivity index (χ2v) is 8.15. The largest absolute Gasteiger partial charge is 0.441 e. The minimum Gasteiger partial charge on any atom is -0.441 e. The number of aromatic nitrogens is 3. The summed E-state index contributed by atoms with van der Waals surface area (Å²) in [5.41, 5.74) is 1.96. The quantitative estimate of drug-likeness (QED) is 0.590. The SMILES string of the molecule is CCSc1nnc(SCc2nc(-c3ccccc3)oc2C)s1. The topological polar surface area (TPSA) is 51.8 Å². The van der Waals surface area contributed by atoms with Gasteiger partial charge in [0.05, 0.1) is 5.69 Å². The second-order valence-electron chi connectivity index (χ2n) is 4.44. The van der Waals surface area contributed by atoms with Crippen molar-refractivity contribution in [1.82, 2.24) is 15.2 Å². The van der Waals surface area contributed by atoms with Gasteiger partial charge in [0.25, 0.3) is 0 Å². The van der Waals surface area contributed by atoms with Crippen molar-refractivity contribution >= 4 is 34.9 Å². The highest BCUT2D eigenvalue weighted by Gasteiger charge is 2.13. The van der Waals surface area contributed by atoms with Crippen LogP contribution in [0.5, 0.6) is 0 Å². The summed E-state index contributed by atoms with van der Waals surface area (Å²) in [5, 5.41) is 8.36. The molecule has 0 amide bonds. The molecule has 0 aliphatic heterocycles. The van der Waals surface area contributed by atoms with Gasteiger partial charge in [0.2, 0.25) is 5.89 Å². The van der Waals surface area contributed by atoms with Crippen LogP contribution in [0, 0.1) is 6.92 Å². The van der Waals surface area contributed by atoms with E-state index in [2.05, 4.69) is 22.1 Å². The predicted molar refractivity (Wildman–Crippen MR) is 92.5 cm³/mol. The molecule has 114 valence electrons. The molecule has 0 spiro atoms. The molecule has 3 rings (SSSR count). The molecule has 0 saturated carbocycles. The number of nitrogens with zero attached hydrogens (tertiary/aromatic N) is 3. The Bertz CT molecular complexity index is 740. The van der Waals surface area contributed by atoms with Crippen LogP contribution in [-0.4, -0.2) is 20.9 Å². The van der Waals surface area contributed by atoms with Crippen molar-refractivity contribution < 1.29 is 4.42 Å². The average Bonchev–Trinajstić information content (AvgIpc) is 3.13. The molecule has 0 atom stereocenters. The van der Waals surface area contributed by atoms with E-state index in [1.54, 1.807) is 34.9 Å². The van der Waals surface area contributed by atoms with Crippen LogP contribution in [0.3, 0.4) is 0 Å². The van der Waals surface area contributed by atoms with Crippen LogP contribution in [0.25, 0.3) is 11.5 Å². The zero-order valence-corrected chi connectivity index (χ0v) is 14.7. The van der Waals surface area contributed by atoms with Crippen LogP contribution >= 0.6 is 34.9 Å². The van der Waals surface area contributed by atoms with Crippen molar-refractivity contribution in [2.75, 3.05) is 5.75 Å². The first-order chi connectivity index (χ1) is 10.8. The van der Waals surface area contributed by atoms with Crippen LogP contribution in [-0.2, 0) is 5.75 Å². The van der Waals surface area contributed by atoms with E-state index >= 15 is 0 Å². The first kappa shape index (κ1) is 15.6. The third kappa shape index (κ3) is 3.71. The fraction of sp³-hybridized carbons (Fsp3) is 0.267. The third-order valence-electron chi connectivity index (χ3n) is 2.90. The number of hydrogen-bond acceptors (Lipinski definition) is 7. The summed E-state index contributed by atoms with van der Waals surface area (Å²) in [5.74, 6) is 3.29. The molecule has 0 fully saturated rings. The fourth-order valence-corrected chi connectivity index (χ4v) is 4.75. The molecule has 0 saturated heterocycles. The van der Waals surface area contributed by atoms with Crippen molar-refractivity contribution in [3.05, 3.63) is 41.8 Å². The van der Waals surface area contributed by atoms with Gasteiger partial charge in [-0.05, 0) is 24.8 Å². The Morgan fingerprint density at radius 3 is 2.55 bits per heavy atom. The molecule has 7 heteroatoms. The van der Waals surface area contributed by atoms with Gasteiger partial charge in [0.1, 0.15) is 5.76 Å². The van der Waals surface area contributed by atoms with Gasteiger partial charge in [-0.15, -0.1) is 10.2 Å². The van der Waals surface area contributed by atoms with Crippen LogP contribution in [0.15, 0.2) is 43.4 Å². The third-order valence-corrected chi connectivity index (χ3v) is 5.98. The van der Waals surface area contributed by atoms with Gasteiger partial charge in [-0.2, -0.15) is 0 Å². The highest BCUT2D eigenvalue weighted by molar-refractivity contribution is 8.02. The summed E-state index contributed by atoms with van der Waals surface area (Å²) in [6, 6.07) is 9.95. The molecule has 1 aromatic carbocycles. The van der Waals surface area contributed by atoms with E-state index in [0.29, 0.717) is 5.89 Å². The average molecular weight is 350 g/mol.